The summed E-state index contributed by atoms with van der Waals surface area (Å²) < 4.78 is 91.3. The van der Waals surface area contributed by atoms with Gasteiger partial charge in [0.25, 0.3) is 12.3 Å². The first-order chi connectivity index (χ1) is 19.1. The van der Waals surface area contributed by atoms with Crippen molar-refractivity contribution in [3.8, 4) is 39.9 Å². The number of carbonyl (C=O) groups is 1. The number of benzene rings is 2. The fourth-order valence-electron chi connectivity index (χ4n) is 3.76. The maximum Gasteiger partial charge on any atom is 0.272 e. The smallest absolute Gasteiger partial charge is 0.272 e. The van der Waals surface area contributed by atoms with Gasteiger partial charge in [-0.15, -0.1) is 0 Å². The van der Waals surface area contributed by atoms with E-state index in [2.05, 4.69) is 9.97 Å². The van der Waals surface area contributed by atoms with Gasteiger partial charge in [0.05, 0.1) is 19.2 Å². The van der Waals surface area contributed by atoms with Crippen LogP contribution in [-0.4, -0.2) is 54.3 Å². The highest BCUT2D eigenvalue weighted by atomic mass is 19.3. The zero-order valence-electron chi connectivity index (χ0n) is 20.6. The quantitative estimate of drug-likeness (QED) is 0.199. The zero-order chi connectivity index (χ0) is 29.0. The van der Waals surface area contributed by atoms with E-state index in [0.29, 0.717) is 10.9 Å². The fourth-order valence-corrected chi connectivity index (χ4v) is 3.76. The van der Waals surface area contributed by atoms with E-state index in [1.807, 2.05) is 0 Å². The summed E-state index contributed by atoms with van der Waals surface area (Å²) in [6.45, 7) is -1.52. The van der Waals surface area contributed by atoms with Gasteiger partial charge in [0.1, 0.15) is 30.3 Å². The molecule has 4 aromatic rings. The van der Waals surface area contributed by atoms with Gasteiger partial charge in [-0.2, -0.15) is 4.39 Å². The molecule has 0 saturated carbocycles. The van der Waals surface area contributed by atoms with E-state index in [1.54, 1.807) is 0 Å². The maximum absolute atomic E-state index is 15.2. The summed E-state index contributed by atoms with van der Waals surface area (Å²) in [7, 11) is 1.37. The minimum atomic E-state index is -3.01. The Kier molecular flexibility index (Phi) is 8.48. The molecule has 40 heavy (non-hydrogen) atoms. The lowest BCUT2D eigenvalue weighted by Crippen LogP contribution is -2.18. The van der Waals surface area contributed by atoms with Crippen molar-refractivity contribution < 1.29 is 50.8 Å². The lowest BCUT2D eigenvalue weighted by molar-refractivity contribution is 0.0799. The molecule has 3 N–H and O–H groups in total. The number of aliphatic hydroxyl groups is 1. The number of ether oxygens (including phenoxy) is 4. The molecule has 1 amide bonds. The summed E-state index contributed by atoms with van der Waals surface area (Å²) in [4.78, 5) is 19.3. The molecule has 0 spiro atoms. The van der Waals surface area contributed by atoms with Crippen molar-refractivity contribution in [2.24, 2.45) is 5.73 Å². The summed E-state index contributed by atoms with van der Waals surface area (Å²) in [5, 5.41) is 9.32. The van der Waals surface area contributed by atoms with Gasteiger partial charge in [0.15, 0.2) is 28.9 Å². The molecule has 0 atom stereocenters. The van der Waals surface area contributed by atoms with Crippen molar-refractivity contribution in [3.63, 3.8) is 0 Å². The van der Waals surface area contributed by atoms with Crippen LogP contribution < -0.4 is 24.7 Å². The van der Waals surface area contributed by atoms with Crippen LogP contribution in [0.3, 0.4) is 0 Å². The molecule has 0 aliphatic rings. The van der Waals surface area contributed by atoms with E-state index in [-0.39, 0.29) is 41.6 Å². The normalized spacial score (nSPS) is 11.1. The lowest BCUT2D eigenvalue weighted by atomic mass is 10.0. The molecule has 2 aromatic heterocycles. The Balaban J connectivity index is 1.76. The van der Waals surface area contributed by atoms with Crippen molar-refractivity contribution >= 4 is 16.8 Å². The van der Waals surface area contributed by atoms with E-state index >= 15 is 8.78 Å². The molecule has 14 heteroatoms. The number of rotatable bonds is 11. The summed E-state index contributed by atoms with van der Waals surface area (Å²) in [6.07, 6.45) is -0.928. The van der Waals surface area contributed by atoms with Crippen molar-refractivity contribution in [2.45, 2.75) is 6.43 Å². The number of primary amides is 1. The van der Waals surface area contributed by atoms with Gasteiger partial charge in [-0.3, -0.25) is 9.78 Å². The van der Waals surface area contributed by atoms with Gasteiger partial charge in [-0.1, -0.05) is 0 Å². The molecule has 0 aliphatic carbocycles. The molecule has 0 saturated heterocycles. The third kappa shape index (κ3) is 5.81. The second-order valence-corrected chi connectivity index (χ2v) is 8.01. The highest BCUT2D eigenvalue weighted by Crippen LogP contribution is 2.40. The van der Waals surface area contributed by atoms with Crippen LogP contribution >= 0.6 is 0 Å². The first-order valence-electron chi connectivity index (χ1n) is 11.4. The fraction of sp³-hybridized carbons (Fsp3) is 0.192. The third-order valence-corrected chi connectivity index (χ3v) is 5.44. The number of amides is 1. The predicted molar refractivity (Wildman–Crippen MR) is 131 cm³/mol. The molecular formula is C26H20F5N3O6. The van der Waals surface area contributed by atoms with E-state index in [0.717, 1.165) is 18.3 Å². The van der Waals surface area contributed by atoms with Gasteiger partial charge in [-0.05, 0) is 29.8 Å². The van der Waals surface area contributed by atoms with Crippen LogP contribution in [0.1, 0.15) is 10.4 Å². The molecule has 210 valence electrons. The van der Waals surface area contributed by atoms with Crippen LogP contribution in [0.5, 0.6) is 28.7 Å². The zero-order valence-corrected chi connectivity index (χ0v) is 20.6. The number of fused-ring (bicyclic) bond motifs is 1. The second kappa shape index (κ2) is 12.0. The molecule has 0 unspecified atom stereocenters. The van der Waals surface area contributed by atoms with E-state index in [1.165, 1.54) is 31.5 Å². The number of nitrogens with two attached hydrogens (primary N) is 1. The van der Waals surface area contributed by atoms with Gasteiger partial charge < -0.3 is 29.8 Å². The van der Waals surface area contributed by atoms with Crippen LogP contribution in [0.15, 0.2) is 42.7 Å². The largest absolute Gasteiger partial charge is 0.493 e. The van der Waals surface area contributed by atoms with E-state index in [4.69, 9.17) is 29.8 Å². The minimum absolute atomic E-state index is 0.0111. The van der Waals surface area contributed by atoms with Crippen molar-refractivity contribution in [2.75, 3.05) is 26.9 Å². The van der Waals surface area contributed by atoms with E-state index in [9.17, 15) is 18.0 Å². The summed E-state index contributed by atoms with van der Waals surface area (Å²) in [5.74, 6) is -6.37. The molecule has 0 aliphatic heterocycles. The number of aliphatic hydroxyl groups excluding tert-OH is 1. The Morgan fingerprint density at radius 1 is 1.00 bits per heavy atom. The Hall–Kier alpha value is -4.72. The van der Waals surface area contributed by atoms with Crippen molar-refractivity contribution in [3.05, 3.63) is 65.9 Å². The van der Waals surface area contributed by atoms with Crippen LogP contribution in [0.25, 0.3) is 22.0 Å². The number of methoxy groups -OCH3 is 1. The molecule has 2 heterocycles. The highest BCUT2D eigenvalue weighted by molar-refractivity contribution is 5.98. The predicted octanol–water partition coefficient (Wildman–Crippen LogP) is 4.63. The minimum Gasteiger partial charge on any atom is -0.493 e. The number of hydrogen-bond donors (Lipinski definition) is 2. The maximum atomic E-state index is 15.2. The summed E-state index contributed by atoms with van der Waals surface area (Å²) in [6, 6.07) is 5.83. The molecule has 0 radical (unpaired) electrons. The van der Waals surface area contributed by atoms with Crippen LogP contribution in [0, 0.1) is 17.6 Å². The first kappa shape index (κ1) is 28.3. The summed E-state index contributed by atoms with van der Waals surface area (Å²) >= 11 is 0. The number of pyridine rings is 2. The number of nitrogens with zero attached hydrogens (tertiary/aromatic N) is 2. The average molecular weight is 565 g/mol. The molecular weight excluding hydrogens is 545 g/mol. The second-order valence-electron chi connectivity index (χ2n) is 8.01. The topological polar surface area (TPSA) is 126 Å². The Labute approximate surface area is 222 Å². The number of hydrogen-bond acceptors (Lipinski definition) is 8. The number of aromatic nitrogens is 2. The van der Waals surface area contributed by atoms with Crippen molar-refractivity contribution in [1.82, 2.24) is 9.97 Å². The van der Waals surface area contributed by atoms with Crippen LogP contribution in [0.2, 0.25) is 0 Å². The Morgan fingerprint density at radius 2 is 1.73 bits per heavy atom. The SMILES string of the molecule is COc1cc2c(Oc3c(F)cc(-c4cnc(F)c(C(N)=O)c4OCC(F)F)cc3F)ccnc2cc1OCCO. The first-order valence-corrected chi connectivity index (χ1v) is 11.4. The number of carbonyl (C=O) groups excluding carboxylic acids is 1. The molecule has 4 rings (SSSR count). The third-order valence-electron chi connectivity index (χ3n) is 5.44. The van der Waals surface area contributed by atoms with Crippen LogP contribution in [-0.2, 0) is 0 Å². The monoisotopic (exact) mass is 565 g/mol. The Bertz CT molecular complexity index is 1550. The molecule has 0 bridgehead atoms. The summed E-state index contributed by atoms with van der Waals surface area (Å²) in [5.41, 5.74) is 3.82. The van der Waals surface area contributed by atoms with Crippen LogP contribution in [0.4, 0.5) is 22.0 Å². The lowest BCUT2D eigenvalue weighted by Gasteiger charge is -2.16. The highest BCUT2D eigenvalue weighted by Gasteiger charge is 2.25. The van der Waals surface area contributed by atoms with Gasteiger partial charge in [0, 0.05) is 29.4 Å². The van der Waals surface area contributed by atoms with E-state index < -0.39 is 53.6 Å². The standard InChI is InChI=1S/C26H20F5N3O6/c1-37-19-8-13-17(9-20(19)38-5-4-35)33-3-2-18(13)40-24-15(27)6-12(7-16(24)28)14-10-34-25(31)22(26(32)36)23(14)39-11-21(29)30/h2-3,6-10,21,35H,4-5,11H2,1H3,(H2,32,36). The van der Waals surface area contributed by atoms with Crippen molar-refractivity contribution in [1.29, 1.82) is 0 Å². The average Bonchev–Trinajstić information content (AvgIpc) is 2.91. The molecule has 9 nitrogen and oxygen atoms in total. The van der Waals surface area contributed by atoms with Gasteiger partial charge in [0.2, 0.25) is 5.95 Å². The molecule has 0 fully saturated rings. The van der Waals surface area contributed by atoms with Gasteiger partial charge >= 0.3 is 0 Å². The Morgan fingerprint density at radius 3 is 2.35 bits per heavy atom. The number of alkyl halides is 2. The number of halogens is 5. The molecule has 2 aromatic carbocycles. The van der Waals surface area contributed by atoms with Gasteiger partial charge in [-0.25, -0.2) is 22.5 Å².